The minimum Gasteiger partial charge on any atom is -0.315 e. The Balaban J connectivity index is 2.49. The van der Waals surface area contributed by atoms with Crippen molar-refractivity contribution in [3.05, 3.63) is 30.2 Å². The first-order valence-electron chi connectivity index (χ1n) is 5.29. The third-order valence-corrected chi connectivity index (χ3v) is 2.57. The van der Waals surface area contributed by atoms with E-state index in [9.17, 15) is 0 Å². The van der Waals surface area contributed by atoms with Crippen LogP contribution in [0, 0.1) is 0 Å². The summed E-state index contributed by atoms with van der Waals surface area (Å²) in [6.45, 7) is 6.55. The van der Waals surface area contributed by atoms with Gasteiger partial charge in [0.25, 0.3) is 0 Å². The van der Waals surface area contributed by atoms with Crippen LogP contribution in [0.15, 0.2) is 24.7 Å². The van der Waals surface area contributed by atoms with Gasteiger partial charge in [0.1, 0.15) is 12.0 Å². The highest BCUT2D eigenvalue weighted by atomic mass is 15.3. The third kappa shape index (κ3) is 1.96. The summed E-state index contributed by atoms with van der Waals surface area (Å²) in [6.07, 6.45) is 3.51. The van der Waals surface area contributed by atoms with E-state index in [1.165, 1.54) is 5.56 Å². The van der Waals surface area contributed by atoms with Gasteiger partial charge in [-0.05, 0) is 23.1 Å². The fourth-order valence-electron chi connectivity index (χ4n) is 1.53. The number of nitrogens with zero attached hydrogens (tertiary/aromatic N) is 4. The number of aryl methyl sites for hydroxylation is 1. The number of rotatable bonds is 1. The molecule has 16 heavy (non-hydrogen) atoms. The maximum atomic E-state index is 4.33. The lowest BCUT2D eigenvalue weighted by molar-refractivity contribution is 0.589. The van der Waals surface area contributed by atoms with Crippen molar-refractivity contribution in [2.24, 2.45) is 7.05 Å². The lowest BCUT2D eigenvalue weighted by atomic mass is 9.87. The highest BCUT2D eigenvalue weighted by Gasteiger charge is 2.15. The van der Waals surface area contributed by atoms with E-state index >= 15 is 0 Å². The Bertz CT molecular complexity index is 494. The van der Waals surface area contributed by atoms with Gasteiger partial charge in [-0.3, -0.25) is 4.98 Å². The Hall–Kier alpha value is -1.71. The Labute approximate surface area is 95.4 Å². The van der Waals surface area contributed by atoms with Gasteiger partial charge in [-0.1, -0.05) is 20.8 Å². The number of hydrogen-bond acceptors (Lipinski definition) is 3. The zero-order valence-electron chi connectivity index (χ0n) is 10.1. The summed E-state index contributed by atoms with van der Waals surface area (Å²) in [5.74, 6) is 0.797. The largest absolute Gasteiger partial charge is 0.315 e. The molecule has 0 bridgehead atoms. The molecular weight excluding hydrogens is 200 g/mol. The molecule has 4 nitrogen and oxygen atoms in total. The van der Waals surface area contributed by atoms with Crippen LogP contribution in [-0.2, 0) is 12.5 Å². The molecule has 0 unspecified atom stereocenters. The van der Waals surface area contributed by atoms with Gasteiger partial charge >= 0.3 is 0 Å². The maximum absolute atomic E-state index is 4.33. The van der Waals surface area contributed by atoms with E-state index in [2.05, 4.69) is 42.0 Å². The molecule has 0 aromatic carbocycles. The van der Waals surface area contributed by atoms with Crippen molar-refractivity contribution in [3.8, 4) is 11.5 Å². The normalized spacial score (nSPS) is 11.8. The van der Waals surface area contributed by atoms with Gasteiger partial charge in [0.15, 0.2) is 5.82 Å². The van der Waals surface area contributed by atoms with Gasteiger partial charge in [-0.15, -0.1) is 10.2 Å². The van der Waals surface area contributed by atoms with Crippen LogP contribution in [0.3, 0.4) is 0 Å². The van der Waals surface area contributed by atoms with E-state index in [0.717, 1.165) is 11.5 Å². The molecule has 0 aliphatic rings. The molecule has 0 aliphatic carbocycles. The van der Waals surface area contributed by atoms with Crippen molar-refractivity contribution in [3.63, 3.8) is 0 Å². The van der Waals surface area contributed by atoms with Gasteiger partial charge in [-0.2, -0.15) is 0 Å². The molecular formula is C12H16N4. The van der Waals surface area contributed by atoms with Crippen LogP contribution in [-0.4, -0.2) is 19.7 Å². The van der Waals surface area contributed by atoms with Crippen molar-refractivity contribution >= 4 is 0 Å². The summed E-state index contributed by atoms with van der Waals surface area (Å²) < 4.78 is 1.87. The lowest BCUT2D eigenvalue weighted by Gasteiger charge is -2.19. The highest BCUT2D eigenvalue weighted by molar-refractivity contribution is 5.50. The lowest BCUT2D eigenvalue weighted by Crippen LogP contribution is -2.11. The van der Waals surface area contributed by atoms with Crippen molar-refractivity contribution < 1.29 is 0 Å². The van der Waals surface area contributed by atoms with Crippen LogP contribution in [0.25, 0.3) is 11.5 Å². The second-order valence-electron chi connectivity index (χ2n) is 4.95. The molecule has 4 heteroatoms. The second kappa shape index (κ2) is 3.70. The monoisotopic (exact) mass is 216 g/mol. The molecule has 2 rings (SSSR count). The summed E-state index contributed by atoms with van der Waals surface area (Å²) in [7, 11) is 1.92. The quantitative estimate of drug-likeness (QED) is 0.733. The van der Waals surface area contributed by atoms with Crippen molar-refractivity contribution in [2.75, 3.05) is 0 Å². The Morgan fingerprint density at radius 3 is 2.56 bits per heavy atom. The third-order valence-electron chi connectivity index (χ3n) is 2.57. The highest BCUT2D eigenvalue weighted by Crippen LogP contribution is 2.24. The van der Waals surface area contributed by atoms with E-state index in [-0.39, 0.29) is 5.41 Å². The van der Waals surface area contributed by atoms with Gasteiger partial charge in [0.05, 0.1) is 0 Å². The average Bonchev–Trinajstić information content (AvgIpc) is 2.63. The summed E-state index contributed by atoms with van der Waals surface area (Å²) >= 11 is 0. The molecule has 0 fully saturated rings. The SMILES string of the molecule is Cn1cnnc1-c1cc(C(C)(C)C)ccn1. The molecule has 0 atom stereocenters. The summed E-state index contributed by atoms with van der Waals surface area (Å²) in [5, 5.41) is 7.92. The van der Waals surface area contributed by atoms with Gasteiger partial charge in [0, 0.05) is 13.2 Å². The molecule has 0 saturated heterocycles. The minimum absolute atomic E-state index is 0.121. The predicted molar refractivity (Wildman–Crippen MR) is 62.9 cm³/mol. The van der Waals surface area contributed by atoms with Gasteiger partial charge in [0.2, 0.25) is 0 Å². The molecule has 84 valence electrons. The van der Waals surface area contributed by atoms with Crippen molar-refractivity contribution in [1.82, 2.24) is 19.7 Å². The first-order valence-corrected chi connectivity index (χ1v) is 5.29. The topological polar surface area (TPSA) is 43.6 Å². The smallest absolute Gasteiger partial charge is 0.182 e. The Kier molecular flexibility index (Phi) is 2.50. The molecule has 0 radical (unpaired) electrons. The summed E-state index contributed by atoms with van der Waals surface area (Å²) in [5.41, 5.74) is 2.24. The molecule has 2 aromatic heterocycles. The fraction of sp³-hybridized carbons (Fsp3) is 0.417. The van der Waals surface area contributed by atoms with E-state index in [0.29, 0.717) is 0 Å². The van der Waals surface area contributed by atoms with Crippen molar-refractivity contribution in [2.45, 2.75) is 26.2 Å². The number of aromatic nitrogens is 4. The predicted octanol–water partition coefficient (Wildman–Crippen LogP) is 2.17. The van der Waals surface area contributed by atoms with Crippen LogP contribution in [0.5, 0.6) is 0 Å². The fourth-order valence-corrected chi connectivity index (χ4v) is 1.53. The number of hydrogen-bond donors (Lipinski definition) is 0. The standard InChI is InChI=1S/C12H16N4/c1-12(2,3)9-5-6-13-10(7-9)11-15-14-8-16(11)4/h5-8H,1-4H3. The zero-order valence-corrected chi connectivity index (χ0v) is 10.1. The van der Waals surface area contributed by atoms with E-state index < -0.39 is 0 Å². The molecule has 0 N–H and O–H groups in total. The van der Waals surface area contributed by atoms with Crippen LogP contribution in [0.2, 0.25) is 0 Å². The number of pyridine rings is 1. The Morgan fingerprint density at radius 2 is 2.00 bits per heavy atom. The molecule has 0 spiro atoms. The van der Waals surface area contributed by atoms with Crippen LogP contribution >= 0.6 is 0 Å². The molecule has 0 amide bonds. The summed E-state index contributed by atoms with van der Waals surface area (Å²) in [4.78, 5) is 4.33. The Morgan fingerprint density at radius 1 is 1.25 bits per heavy atom. The summed E-state index contributed by atoms with van der Waals surface area (Å²) in [6, 6.07) is 4.11. The first-order chi connectivity index (χ1) is 7.48. The minimum atomic E-state index is 0.121. The van der Waals surface area contributed by atoms with E-state index in [4.69, 9.17) is 0 Å². The molecule has 0 saturated carbocycles. The van der Waals surface area contributed by atoms with Crippen molar-refractivity contribution in [1.29, 1.82) is 0 Å². The van der Waals surface area contributed by atoms with E-state index in [1.54, 1.807) is 6.33 Å². The van der Waals surface area contributed by atoms with Crippen LogP contribution in [0.1, 0.15) is 26.3 Å². The first kappa shape index (κ1) is 10.8. The second-order valence-corrected chi connectivity index (χ2v) is 4.95. The molecule has 0 aliphatic heterocycles. The average molecular weight is 216 g/mol. The van der Waals surface area contributed by atoms with Gasteiger partial charge in [-0.25, -0.2) is 0 Å². The van der Waals surface area contributed by atoms with Gasteiger partial charge < -0.3 is 4.57 Å². The van der Waals surface area contributed by atoms with E-state index in [1.807, 2.05) is 23.9 Å². The van der Waals surface area contributed by atoms with Crippen LogP contribution in [0.4, 0.5) is 0 Å². The van der Waals surface area contributed by atoms with Crippen LogP contribution < -0.4 is 0 Å². The zero-order chi connectivity index (χ0) is 11.8. The molecule has 2 aromatic rings. The molecule has 2 heterocycles. The maximum Gasteiger partial charge on any atom is 0.182 e.